The van der Waals surface area contributed by atoms with E-state index in [1.54, 1.807) is 12.4 Å². The summed E-state index contributed by atoms with van der Waals surface area (Å²) in [5.74, 6) is -0.527. The zero-order chi connectivity index (χ0) is 17.5. The number of hydrogen-bond acceptors (Lipinski definition) is 5. The first-order chi connectivity index (χ1) is 11.5. The third kappa shape index (κ3) is 4.52. The molecule has 0 aliphatic rings. The number of nitrogens with zero attached hydrogens (tertiary/aromatic N) is 3. The Morgan fingerprint density at radius 2 is 1.96 bits per heavy atom. The van der Waals surface area contributed by atoms with Crippen LogP contribution in [0.1, 0.15) is 17.5 Å². The van der Waals surface area contributed by atoms with Gasteiger partial charge in [0.15, 0.2) is 0 Å². The molecule has 24 heavy (non-hydrogen) atoms. The van der Waals surface area contributed by atoms with Crippen LogP contribution in [-0.2, 0) is 30.0 Å². The summed E-state index contributed by atoms with van der Waals surface area (Å²) in [6.45, 7) is 0.288. The summed E-state index contributed by atoms with van der Waals surface area (Å²) in [6.07, 6.45) is 8.86. The molecule has 2 heterocycles. The lowest BCUT2D eigenvalue weighted by molar-refractivity contribution is -0.137. The highest BCUT2D eigenvalue weighted by atomic mass is 16.5. The Morgan fingerprint density at radius 3 is 2.67 bits per heavy atom. The van der Waals surface area contributed by atoms with Crippen LogP contribution in [0.15, 0.2) is 46.4 Å². The number of hydrogen-bond donors (Lipinski definition) is 0. The maximum atomic E-state index is 11.9. The number of rotatable bonds is 6. The Bertz CT molecular complexity index is 850. The van der Waals surface area contributed by atoms with Crippen LogP contribution in [0, 0.1) is 0 Å². The minimum absolute atomic E-state index is 0.244. The summed E-state index contributed by atoms with van der Waals surface area (Å²) >= 11 is 0. The van der Waals surface area contributed by atoms with E-state index in [0.717, 1.165) is 16.6 Å². The van der Waals surface area contributed by atoms with Gasteiger partial charge in [-0.05, 0) is 36.6 Å². The zero-order valence-electron chi connectivity index (χ0n) is 13.6. The van der Waals surface area contributed by atoms with Gasteiger partial charge in [-0.15, -0.1) is 0 Å². The summed E-state index contributed by atoms with van der Waals surface area (Å²) in [6, 6.07) is 3.83. The van der Waals surface area contributed by atoms with Gasteiger partial charge in [-0.3, -0.25) is 14.3 Å². The Hall–Kier alpha value is -2.96. The minimum Gasteiger partial charge on any atom is -0.463 e. The number of aryl methyl sites for hydroxylation is 2. The summed E-state index contributed by atoms with van der Waals surface area (Å²) in [5, 5.41) is 0. The highest BCUT2D eigenvalue weighted by Crippen LogP contribution is 2.01. The third-order valence-corrected chi connectivity index (χ3v) is 3.48. The van der Waals surface area contributed by atoms with Gasteiger partial charge in [0.1, 0.15) is 0 Å². The Balaban J connectivity index is 1.87. The highest BCUT2D eigenvalue weighted by molar-refractivity contribution is 5.86. The highest BCUT2D eigenvalue weighted by Gasteiger charge is 2.05. The monoisotopic (exact) mass is 329 g/mol. The van der Waals surface area contributed by atoms with Crippen LogP contribution < -0.4 is 11.2 Å². The van der Waals surface area contributed by atoms with Crippen molar-refractivity contribution in [2.45, 2.75) is 12.8 Å². The fourth-order valence-corrected chi connectivity index (χ4v) is 2.15. The summed E-state index contributed by atoms with van der Waals surface area (Å²) in [5.41, 5.74) is 0.495. The van der Waals surface area contributed by atoms with Gasteiger partial charge < -0.3 is 9.30 Å². The zero-order valence-corrected chi connectivity index (χ0v) is 13.6. The average Bonchev–Trinajstić information content (AvgIpc) is 2.59. The molecule has 0 fully saturated rings. The second kappa shape index (κ2) is 8.05. The van der Waals surface area contributed by atoms with Gasteiger partial charge in [-0.2, -0.15) is 0 Å². The molecule has 2 rings (SSSR count). The summed E-state index contributed by atoms with van der Waals surface area (Å²) in [7, 11) is 2.93. The van der Waals surface area contributed by atoms with E-state index in [1.807, 2.05) is 12.1 Å². The number of esters is 1. The van der Waals surface area contributed by atoms with Gasteiger partial charge >= 0.3 is 11.7 Å². The van der Waals surface area contributed by atoms with Crippen LogP contribution in [-0.4, -0.2) is 26.7 Å². The molecule has 0 unspecified atom stereocenters. The van der Waals surface area contributed by atoms with Crippen molar-refractivity contribution in [3.8, 4) is 0 Å². The van der Waals surface area contributed by atoms with Gasteiger partial charge in [0.2, 0.25) is 0 Å². The maximum absolute atomic E-state index is 11.9. The first-order valence-corrected chi connectivity index (χ1v) is 7.49. The molecule has 0 saturated carbocycles. The molecule has 7 nitrogen and oxygen atoms in total. The number of aromatic nitrogens is 3. The van der Waals surface area contributed by atoms with Gasteiger partial charge in [0.05, 0.1) is 12.2 Å². The molecule has 7 heteroatoms. The second-order valence-corrected chi connectivity index (χ2v) is 5.30. The molecule has 0 bridgehead atoms. The van der Waals surface area contributed by atoms with Crippen molar-refractivity contribution in [3.63, 3.8) is 0 Å². The standard InChI is InChI=1S/C17H19N3O4/c1-19-12-14(16(22)20(2)17(19)23)5-6-15(21)24-11-3-4-13-7-9-18-10-8-13/h5-10,12H,3-4,11H2,1-2H3/b6-5+. The van der Waals surface area contributed by atoms with E-state index in [2.05, 4.69) is 4.98 Å². The van der Waals surface area contributed by atoms with E-state index in [1.165, 1.54) is 37.0 Å². The first-order valence-electron chi connectivity index (χ1n) is 7.49. The normalized spacial score (nSPS) is 10.9. The molecule has 0 N–H and O–H groups in total. The Kier molecular flexibility index (Phi) is 5.83. The van der Waals surface area contributed by atoms with Gasteiger partial charge in [-0.25, -0.2) is 9.59 Å². The van der Waals surface area contributed by atoms with E-state index in [-0.39, 0.29) is 12.2 Å². The Morgan fingerprint density at radius 1 is 1.25 bits per heavy atom. The molecule has 0 saturated heterocycles. The van der Waals surface area contributed by atoms with Crippen molar-refractivity contribution in [2.75, 3.05) is 6.61 Å². The summed E-state index contributed by atoms with van der Waals surface area (Å²) in [4.78, 5) is 39.1. The smallest absolute Gasteiger partial charge is 0.330 e. The molecule has 0 aromatic carbocycles. The molecule has 2 aromatic heterocycles. The van der Waals surface area contributed by atoms with Gasteiger partial charge in [0.25, 0.3) is 5.56 Å². The van der Waals surface area contributed by atoms with Gasteiger partial charge in [0, 0.05) is 38.8 Å². The van der Waals surface area contributed by atoms with Crippen molar-refractivity contribution in [2.24, 2.45) is 14.1 Å². The first kappa shape index (κ1) is 17.4. The fraction of sp³-hybridized carbons (Fsp3) is 0.294. The van der Waals surface area contributed by atoms with E-state index in [4.69, 9.17) is 4.74 Å². The lowest BCUT2D eigenvalue weighted by Crippen LogP contribution is -2.37. The van der Waals surface area contributed by atoms with Crippen molar-refractivity contribution in [1.82, 2.24) is 14.1 Å². The van der Waals surface area contributed by atoms with Crippen LogP contribution in [0.3, 0.4) is 0 Å². The van der Waals surface area contributed by atoms with Crippen molar-refractivity contribution in [1.29, 1.82) is 0 Å². The summed E-state index contributed by atoms with van der Waals surface area (Å²) < 4.78 is 7.36. The average molecular weight is 329 g/mol. The van der Waals surface area contributed by atoms with Crippen molar-refractivity contribution >= 4 is 12.0 Å². The third-order valence-electron chi connectivity index (χ3n) is 3.48. The van der Waals surface area contributed by atoms with Crippen molar-refractivity contribution in [3.05, 3.63) is 68.8 Å². The number of carbonyl (C=O) groups excluding carboxylic acids is 1. The van der Waals surface area contributed by atoms with E-state index >= 15 is 0 Å². The molecule has 0 aliphatic heterocycles. The molecule has 0 radical (unpaired) electrons. The van der Waals surface area contributed by atoms with Crippen LogP contribution in [0.25, 0.3) is 6.08 Å². The van der Waals surface area contributed by atoms with Crippen LogP contribution in [0.4, 0.5) is 0 Å². The largest absolute Gasteiger partial charge is 0.463 e. The number of pyridine rings is 1. The predicted molar refractivity (Wildman–Crippen MR) is 89.5 cm³/mol. The molecule has 0 amide bonds. The minimum atomic E-state index is -0.527. The van der Waals surface area contributed by atoms with Crippen LogP contribution in [0.5, 0.6) is 0 Å². The molecule has 126 valence electrons. The lowest BCUT2D eigenvalue weighted by atomic mass is 10.1. The fourth-order valence-electron chi connectivity index (χ4n) is 2.15. The molecule has 0 aliphatic carbocycles. The van der Waals surface area contributed by atoms with Crippen LogP contribution >= 0.6 is 0 Å². The Labute approximate surface area is 138 Å². The molecule has 0 spiro atoms. The predicted octanol–water partition coefficient (Wildman–Crippen LogP) is 0.668. The van der Waals surface area contributed by atoms with E-state index in [0.29, 0.717) is 6.42 Å². The number of carbonyl (C=O) groups is 1. The van der Waals surface area contributed by atoms with Crippen molar-refractivity contribution < 1.29 is 9.53 Å². The lowest BCUT2D eigenvalue weighted by Gasteiger charge is -2.04. The van der Waals surface area contributed by atoms with Gasteiger partial charge in [-0.1, -0.05) is 0 Å². The molecule has 0 atom stereocenters. The molecular formula is C17H19N3O4. The topological polar surface area (TPSA) is 83.2 Å². The van der Waals surface area contributed by atoms with Crippen LogP contribution in [0.2, 0.25) is 0 Å². The number of ether oxygens (including phenoxy) is 1. The van der Waals surface area contributed by atoms with E-state index in [9.17, 15) is 14.4 Å². The quantitative estimate of drug-likeness (QED) is 0.442. The second-order valence-electron chi connectivity index (χ2n) is 5.30. The maximum Gasteiger partial charge on any atom is 0.330 e. The van der Waals surface area contributed by atoms with E-state index < -0.39 is 17.2 Å². The molecular weight excluding hydrogens is 310 g/mol. The SMILES string of the molecule is Cn1cc(/C=C/C(=O)OCCCc2ccncc2)c(=O)n(C)c1=O. The molecule has 2 aromatic rings.